The van der Waals surface area contributed by atoms with E-state index >= 15 is 0 Å². The molecule has 0 unspecified atom stereocenters. The van der Waals surface area contributed by atoms with Gasteiger partial charge in [-0.05, 0) is 11.6 Å². The van der Waals surface area contributed by atoms with Crippen LogP contribution in [0.5, 0.6) is 0 Å². The van der Waals surface area contributed by atoms with Gasteiger partial charge >= 0.3 is 18.3 Å². The van der Waals surface area contributed by atoms with E-state index in [9.17, 15) is 31.1 Å². The highest BCUT2D eigenvalue weighted by Gasteiger charge is 2.41. The number of halogens is 6. The molecule has 2 aromatic heterocycles. The maximum Gasteiger partial charge on any atom is 0.434 e. The minimum Gasteiger partial charge on any atom is -0.478 e. The summed E-state index contributed by atoms with van der Waals surface area (Å²) in [5, 5.41) is 13.5. The lowest BCUT2D eigenvalue weighted by Crippen LogP contribution is -2.17. The van der Waals surface area contributed by atoms with Gasteiger partial charge in [-0.1, -0.05) is 18.2 Å². The van der Waals surface area contributed by atoms with Crippen LogP contribution in [0.3, 0.4) is 0 Å². The molecule has 5 nitrogen and oxygen atoms in total. The van der Waals surface area contributed by atoms with Gasteiger partial charge in [-0.15, -0.1) is 11.3 Å². The van der Waals surface area contributed by atoms with Crippen molar-refractivity contribution in [3.8, 4) is 5.13 Å². The van der Waals surface area contributed by atoms with Gasteiger partial charge in [-0.25, -0.2) is 14.5 Å². The molecule has 0 spiro atoms. The number of aromatic nitrogens is 3. The first-order chi connectivity index (χ1) is 13.0. The van der Waals surface area contributed by atoms with E-state index < -0.39 is 35.1 Å². The molecule has 1 aromatic carbocycles. The lowest BCUT2D eigenvalue weighted by molar-refractivity contribution is -0.143. The van der Waals surface area contributed by atoms with Crippen LogP contribution in [0.25, 0.3) is 5.13 Å². The standard InChI is InChI=1S/C16H9F6N3O2S/c17-15(18,19)9-3-1-2-8(4-9)5-10-7-28-14(24-10)25-12(16(20,21)22)11(6-23-25)13(26)27/h1-4,6-7H,5H2,(H,26,27). The molecule has 0 fully saturated rings. The number of rotatable bonds is 4. The first-order valence-corrected chi connectivity index (χ1v) is 8.34. The summed E-state index contributed by atoms with van der Waals surface area (Å²) in [6.45, 7) is 0. The highest BCUT2D eigenvalue weighted by molar-refractivity contribution is 7.12. The molecule has 0 atom stereocenters. The van der Waals surface area contributed by atoms with E-state index in [-0.39, 0.29) is 22.8 Å². The zero-order valence-corrected chi connectivity index (χ0v) is 14.4. The second-order valence-electron chi connectivity index (χ2n) is 5.62. The van der Waals surface area contributed by atoms with Gasteiger partial charge in [0.2, 0.25) is 5.13 Å². The number of hydrogen-bond acceptors (Lipinski definition) is 4. The smallest absolute Gasteiger partial charge is 0.434 e. The Hall–Kier alpha value is -2.89. The summed E-state index contributed by atoms with van der Waals surface area (Å²) in [5.74, 6) is -1.79. The van der Waals surface area contributed by atoms with Crippen LogP contribution in [-0.4, -0.2) is 25.8 Å². The van der Waals surface area contributed by atoms with E-state index in [0.29, 0.717) is 10.9 Å². The molecule has 0 amide bonds. The average molecular weight is 421 g/mol. The van der Waals surface area contributed by atoms with Crippen LogP contribution in [0.4, 0.5) is 26.3 Å². The Morgan fingerprint density at radius 3 is 2.46 bits per heavy atom. The summed E-state index contributed by atoms with van der Waals surface area (Å²) in [6, 6.07) is 4.49. The lowest BCUT2D eigenvalue weighted by Gasteiger charge is -2.09. The van der Waals surface area contributed by atoms with Gasteiger partial charge in [0.05, 0.1) is 17.5 Å². The van der Waals surface area contributed by atoms with Crippen molar-refractivity contribution in [2.24, 2.45) is 0 Å². The van der Waals surface area contributed by atoms with Gasteiger partial charge in [0.1, 0.15) is 5.56 Å². The van der Waals surface area contributed by atoms with Gasteiger partial charge in [-0.2, -0.15) is 31.4 Å². The van der Waals surface area contributed by atoms with Gasteiger partial charge in [0.15, 0.2) is 5.69 Å². The van der Waals surface area contributed by atoms with Crippen molar-refractivity contribution < 1.29 is 36.2 Å². The van der Waals surface area contributed by atoms with Gasteiger partial charge in [-0.3, -0.25) is 0 Å². The normalized spacial score (nSPS) is 12.4. The van der Waals surface area contributed by atoms with Crippen molar-refractivity contribution >= 4 is 17.3 Å². The summed E-state index contributed by atoms with van der Waals surface area (Å²) in [5.41, 5.74) is -2.87. The Labute approximate surface area is 156 Å². The molecule has 0 radical (unpaired) electrons. The number of aromatic carboxylic acids is 1. The zero-order chi connectivity index (χ0) is 20.7. The van der Waals surface area contributed by atoms with Crippen LogP contribution in [0.15, 0.2) is 35.8 Å². The topological polar surface area (TPSA) is 68.0 Å². The van der Waals surface area contributed by atoms with Crippen LogP contribution >= 0.6 is 11.3 Å². The Morgan fingerprint density at radius 2 is 1.86 bits per heavy atom. The van der Waals surface area contributed by atoms with Crippen molar-refractivity contribution in [2.45, 2.75) is 18.8 Å². The minimum absolute atomic E-state index is 0.0468. The Balaban J connectivity index is 1.93. The Morgan fingerprint density at radius 1 is 1.14 bits per heavy atom. The van der Waals surface area contributed by atoms with Crippen LogP contribution in [0.1, 0.15) is 32.9 Å². The second-order valence-corrected chi connectivity index (χ2v) is 6.45. The Kier molecular flexibility index (Phi) is 4.91. The van der Waals surface area contributed by atoms with Crippen LogP contribution in [-0.2, 0) is 18.8 Å². The molecular weight excluding hydrogens is 412 g/mol. The molecule has 3 rings (SSSR count). The summed E-state index contributed by atoms with van der Waals surface area (Å²) in [4.78, 5) is 15.0. The number of hydrogen-bond donors (Lipinski definition) is 1. The number of alkyl halides is 6. The van der Waals surface area contributed by atoms with E-state index in [1.807, 2.05) is 0 Å². The SMILES string of the molecule is O=C(O)c1cnn(-c2nc(Cc3cccc(C(F)(F)F)c3)cs2)c1C(F)(F)F. The van der Waals surface area contributed by atoms with E-state index in [4.69, 9.17) is 5.11 Å². The molecule has 148 valence electrons. The second kappa shape index (κ2) is 6.93. The van der Waals surface area contributed by atoms with Crippen molar-refractivity contribution in [1.29, 1.82) is 0 Å². The number of nitrogens with zero attached hydrogens (tertiary/aromatic N) is 3. The molecule has 12 heteroatoms. The van der Waals surface area contributed by atoms with Crippen molar-refractivity contribution in [3.05, 3.63) is 63.9 Å². The van der Waals surface area contributed by atoms with Crippen molar-refractivity contribution in [3.63, 3.8) is 0 Å². The van der Waals surface area contributed by atoms with Gasteiger partial charge < -0.3 is 5.11 Å². The highest BCUT2D eigenvalue weighted by Crippen LogP contribution is 2.34. The van der Waals surface area contributed by atoms with Gasteiger partial charge in [0.25, 0.3) is 0 Å². The molecule has 0 aliphatic heterocycles. The van der Waals surface area contributed by atoms with Crippen LogP contribution in [0, 0.1) is 0 Å². The third kappa shape index (κ3) is 4.01. The summed E-state index contributed by atoms with van der Waals surface area (Å²) in [7, 11) is 0. The largest absolute Gasteiger partial charge is 0.478 e. The zero-order valence-electron chi connectivity index (χ0n) is 13.5. The maximum absolute atomic E-state index is 13.2. The van der Waals surface area contributed by atoms with E-state index in [2.05, 4.69) is 10.1 Å². The van der Waals surface area contributed by atoms with Crippen LogP contribution < -0.4 is 0 Å². The number of benzene rings is 1. The summed E-state index contributed by atoms with van der Waals surface area (Å²) < 4.78 is 78.4. The average Bonchev–Trinajstić information content (AvgIpc) is 3.20. The predicted molar refractivity (Wildman–Crippen MR) is 85.4 cm³/mol. The molecule has 28 heavy (non-hydrogen) atoms. The highest BCUT2D eigenvalue weighted by atomic mass is 32.1. The molecule has 0 bridgehead atoms. The fourth-order valence-corrected chi connectivity index (χ4v) is 3.25. The predicted octanol–water partition coefficient (Wildman–Crippen LogP) is 4.66. The fraction of sp³-hybridized carbons (Fsp3) is 0.188. The number of carboxylic acids is 1. The van der Waals surface area contributed by atoms with E-state index in [1.54, 1.807) is 0 Å². The quantitative estimate of drug-likeness (QED) is 0.623. The molecule has 0 saturated heterocycles. The first-order valence-electron chi connectivity index (χ1n) is 7.46. The molecular formula is C16H9F6N3O2S. The number of carbonyl (C=O) groups is 1. The monoisotopic (exact) mass is 421 g/mol. The van der Waals surface area contributed by atoms with Crippen LogP contribution in [0.2, 0.25) is 0 Å². The molecule has 3 aromatic rings. The molecule has 0 aliphatic carbocycles. The number of carboxylic acid groups (broad SMARTS) is 1. The van der Waals surface area contributed by atoms with Crippen molar-refractivity contribution in [2.75, 3.05) is 0 Å². The molecule has 0 aliphatic rings. The lowest BCUT2D eigenvalue weighted by atomic mass is 10.1. The van der Waals surface area contributed by atoms with Gasteiger partial charge in [0, 0.05) is 11.8 Å². The van der Waals surface area contributed by atoms with E-state index in [0.717, 1.165) is 23.5 Å². The Bertz CT molecular complexity index is 1020. The maximum atomic E-state index is 13.2. The molecule has 1 N–H and O–H groups in total. The third-order valence-corrected chi connectivity index (χ3v) is 4.49. The fourth-order valence-electron chi connectivity index (χ4n) is 2.46. The summed E-state index contributed by atoms with van der Waals surface area (Å²) >= 11 is 0.761. The number of thiazole rings is 1. The first kappa shape index (κ1) is 19.9. The molecule has 0 saturated carbocycles. The van der Waals surface area contributed by atoms with E-state index in [1.165, 1.54) is 17.5 Å². The van der Waals surface area contributed by atoms with Crippen molar-refractivity contribution in [1.82, 2.24) is 14.8 Å². The third-order valence-electron chi connectivity index (χ3n) is 3.63. The molecule has 2 heterocycles. The minimum atomic E-state index is -4.99. The summed E-state index contributed by atoms with van der Waals surface area (Å²) in [6.07, 6.45) is -8.99.